The minimum absolute atomic E-state index is 0.161. The van der Waals surface area contributed by atoms with Crippen LogP contribution in [0.5, 0.6) is 0 Å². The van der Waals surface area contributed by atoms with Gasteiger partial charge in [0.05, 0.1) is 0 Å². The molecule has 5 aromatic carbocycles. The summed E-state index contributed by atoms with van der Waals surface area (Å²) in [6.07, 6.45) is 0. The Labute approximate surface area is 237 Å². The average molecular weight is 575 g/mol. The van der Waals surface area contributed by atoms with Crippen molar-refractivity contribution >= 4 is 42.0 Å². The second-order valence-corrected chi connectivity index (χ2v) is 12.2. The summed E-state index contributed by atoms with van der Waals surface area (Å²) in [5.41, 5.74) is 11.3. The summed E-state index contributed by atoms with van der Waals surface area (Å²) in [7, 11) is 0. The van der Waals surface area contributed by atoms with Gasteiger partial charge in [0, 0.05) is 0 Å². The van der Waals surface area contributed by atoms with E-state index in [2.05, 4.69) is 130 Å². The first kappa shape index (κ1) is 23.0. The van der Waals surface area contributed by atoms with Gasteiger partial charge in [0.25, 0.3) is 0 Å². The third kappa shape index (κ3) is 3.46. The fraction of sp³-hybridized carbons (Fsp3) is 0. The second kappa shape index (κ2) is 9.07. The zero-order chi connectivity index (χ0) is 26.6. The van der Waals surface area contributed by atoms with Crippen LogP contribution in [-0.4, -0.2) is 24.8 Å². The first-order valence-electron chi connectivity index (χ1n) is 13.2. The Morgan fingerprint density at radius 2 is 1.20 bits per heavy atom. The Morgan fingerprint density at radius 1 is 0.550 bits per heavy atom. The van der Waals surface area contributed by atoms with Crippen LogP contribution >= 0.6 is 0 Å². The maximum atomic E-state index is 7.37. The van der Waals surface area contributed by atoms with Crippen molar-refractivity contribution in [1.29, 1.82) is 0 Å². The standard InChI is InChI=1S/C36H21N3Se/c1-37-38-36-30-13-6-5-11-26(30)27-17-15-23(21-31(27)36)34-19-20-35(40-34)24-16-18-29-28-12-7-8-14-32(28)39(33(29)22-24)25-9-3-2-4-10-25/h2-22H/b38-36-. The van der Waals surface area contributed by atoms with Gasteiger partial charge in [-0.1, -0.05) is 0 Å². The van der Waals surface area contributed by atoms with E-state index in [0.29, 0.717) is 0 Å². The summed E-state index contributed by atoms with van der Waals surface area (Å²) in [4.78, 5) is 3.38. The number of fused-ring (bicyclic) bond motifs is 6. The molecule has 2 aromatic heterocycles. The van der Waals surface area contributed by atoms with Crippen molar-refractivity contribution in [3.8, 4) is 36.8 Å². The van der Waals surface area contributed by atoms with E-state index in [4.69, 9.17) is 6.57 Å². The minimum atomic E-state index is 0.161. The number of benzene rings is 5. The monoisotopic (exact) mass is 575 g/mol. The van der Waals surface area contributed by atoms with Crippen molar-refractivity contribution in [2.24, 2.45) is 5.10 Å². The van der Waals surface area contributed by atoms with Crippen LogP contribution in [0.3, 0.4) is 0 Å². The zero-order valence-electron chi connectivity index (χ0n) is 21.4. The molecular weight excluding hydrogens is 553 g/mol. The summed E-state index contributed by atoms with van der Waals surface area (Å²) in [6.45, 7) is 7.37. The van der Waals surface area contributed by atoms with Crippen LogP contribution in [0.2, 0.25) is 0 Å². The molecule has 0 aliphatic heterocycles. The van der Waals surface area contributed by atoms with E-state index in [1.807, 2.05) is 12.1 Å². The first-order valence-corrected chi connectivity index (χ1v) is 14.9. The molecule has 40 heavy (non-hydrogen) atoms. The van der Waals surface area contributed by atoms with Gasteiger partial charge in [0.2, 0.25) is 0 Å². The molecule has 0 radical (unpaired) electrons. The number of nitrogens with zero attached hydrogens (tertiary/aromatic N) is 3. The second-order valence-electron chi connectivity index (χ2n) is 9.94. The van der Waals surface area contributed by atoms with Crippen molar-refractivity contribution in [1.82, 2.24) is 4.57 Å². The van der Waals surface area contributed by atoms with Crippen LogP contribution in [0.15, 0.2) is 132 Å². The third-order valence-corrected chi connectivity index (χ3v) is 10.2. The van der Waals surface area contributed by atoms with E-state index < -0.39 is 0 Å². The van der Waals surface area contributed by atoms with Gasteiger partial charge in [-0.05, 0) is 0 Å². The van der Waals surface area contributed by atoms with Gasteiger partial charge in [-0.25, -0.2) is 0 Å². The van der Waals surface area contributed by atoms with Gasteiger partial charge in [-0.3, -0.25) is 0 Å². The molecule has 0 spiro atoms. The van der Waals surface area contributed by atoms with E-state index in [1.54, 1.807) is 0 Å². The molecular formula is C36H21N3Se. The van der Waals surface area contributed by atoms with Crippen LogP contribution in [-0.2, 0) is 0 Å². The maximum absolute atomic E-state index is 7.37. The zero-order valence-corrected chi connectivity index (χ0v) is 23.1. The number of hydrogen-bond acceptors (Lipinski definition) is 1. The molecule has 0 unspecified atom stereocenters. The topological polar surface area (TPSA) is 21.6 Å². The molecule has 7 aromatic rings. The molecule has 2 heterocycles. The Bertz CT molecular complexity index is 2170. The van der Waals surface area contributed by atoms with E-state index in [0.717, 1.165) is 28.0 Å². The molecule has 4 heteroatoms. The molecule has 0 N–H and O–H groups in total. The summed E-state index contributed by atoms with van der Waals surface area (Å²) in [5, 5.41) is 6.74. The van der Waals surface area contributed by atoms with Crippen molar-refractivity contribution in [2.75, 3.05) is 0 Å². The molecule has 0 atom stereocenters. The van der Waals surface area contributed by atoms with Crippen molar-refractivity contribution in [3.63, 3.8) is 0 Å². The fourth-order valence-electron chi connectivity index (χ4n) is 5.98. The summed E-state index contributed by atoms with van der Waals surface area (Å²) >= 11 is 0.161. The fourth-order valence-corrected chi connectivity index (χ4v) is 8.08. The number of aromatic nitrogens is 1. The Morgan fingerprint density at radius 3 is 2.02 bits per heavy atom. The number of rotatable bonds is 3. The summed E-state index contributed by atoms with van der Waals surface area (Å²) in [5.74, 6) is 0. The Hall–Kier alpha value is -4.94. The summed E-state index contributed by atoms with van der Waals surface area (Å²) < 4.78 is 5.08. The molecule has 0 fully saturated rings. The van der Waals surface area contributed by atoms with E-state index >= 15 is 0 Å². The SMILES string of the molecule is [C-]#[N+]/N=C1/c2ccccc2-c2ccc(-c3ccc(-c4ccc5c6ccccc6n(-c6ccccc6)c5c4)[se]3)cc21. The number of para-hydroxylation sites is 2. The van der Waals surface area contributed by atoms with Crippen molar-refractivity contribution in [2.45, 2.75) is 0 Å². The van der Waals surface area contributed by atoms with Crippen LogP contribution in [0.25, 0.3) is 63.6 Å². The van der Waals surface area contributed by atoms with Gasteiger partial charge in [0.15, 0.2) is 0 Å². The quantitative estimate of drug-likeness (QED) is 0.114. The average Bonchev–Trinajstić information content (AvgIpc) is 3.71. The van der Waals surface area contributed by atoms with Crippen LogP contribution in [0.1, 0.15) is 11.1 Å². The normalized spacial score (nSPS) is 13.0. The number of hydrogen-bond donors (Lipinski definition) is 0. The van der Waals surface area contributed by atoms with Crippen molar-refractivity contribution < 1.29 is 0 Å². The van der Waals surface area contributed by atoms with Crippen molar-refractivity contribution in [3.05, 3.63) is 150 Å². The van der Waals surface area contributed by atoms with Gasteiger partial charge >= 0.3 is 239 Å². The predicted molar refractivity (Wildman–Crippen MR) is 166 cm³/mol. The van der Waals surface area contributed by atoms with Gasteiger partial charge in [-0.15, -0.1) is 0 Å². The molecule has 186 valence electrons. The first-order chi connectivity index (χ1) is 19.8. The Balaban J connectivity index is 1.24. The van der Waals surface area contributed by atoms with Gasteiger partial charge in [0.1, 0.15) is 0 Å². The van der Waals surface area contributed by atoms with Gasteiger partial charge < -0.3 is 0 Å². The van der Waals surface area contributed by atoms with E-state index in [1.165, 1.54) is 47.5 Å². The van der Waals surface area contributed by atoms with Crippen LogP contribution in [0.4, 0.5) is 0 Å². The van der Waals surface area contributed by atoms with Crippen LogP contribution < -0.4 is 0 Å². The van der Waals surface area contributed by atoms with E-state index in [9.17, 15) is 0 Å². The van der Waals surface area contributed by atoms with Gasteiger partial charge in [-0.2, -0.15) is 0 Å². The summed E-state index contributed by atoms with van der Waals surface area (Å²) in [6, 6.07) is 45.6. The molecule has 0 amide bonds. The molecule has 1 aliphatic carbocycles. The molecule has 1 aliphatic rings. The molecule has 0 saturated carbocycles. The molecule has 0 saturated heterocycles. The molecule has 8 rings (SSSR count). The molecule has 3 nitrogen and oxygen atoms in total. The van der Waals surface area contributed by atoms with Crippen LogP contribution in [0, 0.1) is 6.57 Å². The third-order valence-electron chi connectivity index (χ3n) is 7.76. The van der Waals surface area contributed by atoms with E-state index in [-0.39, 0.29) is 14.5 Å². The predicted octanol–water partition coefficient (Wildman–Crippen LogP) is 8.83. The Kier molecular flexibility index (Phi) is 5.21. The molecule has 0 bridgehead atoms.